The number of halogens is 3. The van der Waals surface area contributed by atoms with Crippen LogP contribution in [0.5, 0.6) is 0 Å². The first kappa shape index (κ1) is 11.2. The fourth-order valence-electron chi connectivity index (χ4n) is 2.52. The molecule has 0 amide bonds. The van der Waals surface area contributed by atoms with Crippen LogP contribution in [0, 0.1) is 5.92 Å². The summed E-state index contributed by atoms with van der Waals surface area (Å²) in [6, 6.07) is 0. The molecule has 88 valence electrons. The van der Waals surface area contributed by atoms with Crippen LogP contribution in [0.25, 0.3) is 0 Å². The van der Waals surface area contributed by atoms with Crippen molar-refractivity contribution in [2.45, 2.75) is 50.0 Å². The Hall–Kier alpha value is -0.290. The van der Waals surface area contributed by atoms with Crippen LogP contribution in [0.15, 0.2) is 0 Å². The summed E-state index contributed by atoms with van der Waals surface area (Å²) in [4.78, 5) is 0. The zero-order valence-corrected chi connectivity index (χ0v) is 8.39. The van der Waals surface area contributed by atoms with Gasteiger partial charge in [-0.15, -0.1) is 0 Å². The van der Waals surface area contributed by atoms with E-state index in [1.165, 1.54) is 0 Å². The highest BCUT2D eigenvalue weighted by molar-refractivity contribution is 4.96. The monoisotopic (exact) mass is 224 g/mol. The highest BCUT2D eigenvalue weighted by Gasteiger charge is 2.50. The lowest BCUT2D eigenvalue weighted by molar-refractivity contribution is -0.241. The Morgan fingerprint density at radius 1 is 1.33 bits per heavy atom. The maximum atomic E-state index is 12.3. The van der Waals surface area contributed by atoms with E-state index >= 15 is 0 Å². The normalized spacial score (nSPS) is 32.4. The molecular formula is C10H15F3O2. The highest BCUT2D eigenvalue weighted by Crippen LogP contribution is 2.46. The van der Waals surface area contributed by atoms with Crippen LogP contribution in [0.3, 0.4) is 0 Å². The van der Waals surface area contributed by atoms with Gasteiger partial charge in [-0.1, -0.05) is 0 Å². The maximum absolute atomic E-state index is 12.3. The van der Waals surface area contributed by atoms with Crippen LogP contribution in [-0.4, -0.2) is 29.6 Å². The van der Waals surface area contributed by atoms with Gasteiger partial charge in [0, 0.05) is 6.61 Å². The summed E-state index contributed by atoms with van der Waals surface area (Å²) in [6.07, 6.45) is -3.31. The molecule has 1 saturated heterocycles. The number of hydrogen-bond donors (Lipinski definition) is 1. The summed E-state index contributed by atoms with van der Waals surface area (Å²) in [5, 5.41) is 9.18. The van der Waals surface area contributed by atoms with Crippen molar-refractivity contribution in [1.29, 1.82) is 0 Å². The molecule has 1 saturated carbocycles. The predicted octanol–water partition coefficient (Wildman–Crippen LogP) is 2.26. The van der Waals surface area contributed by atoms with Gasteiger partial charge in [-0.05, 0) is 38.0 Å². The molecular weight excluding hydrogens is 209 g/mol. The van der Waals surface area contributed by atoms with Gasteiger partial charge in [0.1, 0.15) is 0 Å². The van der Waals surface area contributed by atoms with Crippen LogP contribution in [-0.2, 0) is 4.74 Å². The zero-order valence-electron chi connectivity index (χ0n) is 8.39. The van der Waals surface area contributed by atoms with Crippen LogP contribution in [0.4, 0.5) is 13.2 Å². The molecule has 0 bridgehead atoms. The molecule has 1 aliphatic carbocycles. The van der Waals surface area contributed by atoms with Gasteiger partial charge in [0.15, 0.2) is 6.10 Å². The molecule has 2 nitrogen and oxygen atoms in total. The third kappa shape index (κ3) is 2.13. The van der Waals surface area contributed by atoms with E-state index in [0.717, 1.165) is 19.3 Å². The second kappa shape index (κ2) is 3.63. The summed E-state index contributed by atoms with van der Waals surface area (Å²) in [5.41, 5.74) is -0.338. The van der Waals surface area contributed by atoms with E-state index < -0.39 is 18.2 Å². The van der Waals surface area contributed by atoms with Gasteiger partial charge in [-0.3, -0.25) is 0 Å². The first-order chi connectivity index (χ1) is 6.93. The molecule has 5 heteroatoms. The van der Waals surface area contributed by atoms with Crippen molar-refractivity contribution < 1.29 is 23.0 Å². The van der Waals surface area contributed by atoms with Crippen molar-refractivity contribution in [3.63, 3.8) is 0 Å². The van der Waals surface area contributed by atoms with Crippen molar-refractivity contribution in [2.75, 3.05) is 6.61 Å². The fourth-order valence-corrected chi connectivity index (χ4v) is 2.52. The predicted molar refractivity (Wildman–Crippen MR) is 47.3 cm³/mol. The Morgan fingerprint density at radius 3 is 2.47 bits per heavy atom. The Kier molecular flexibility index (Phi) is 2.71. The maximum Gasteiger partial charge on any atom is 0.414 e. The van der Waals surface area contributed by atoms with Gasteiger partial charge in [-0.2, -0.15) is 13.2 Å². The number of rotatable bonds is 1. The number of hydrogen-bond acceptors (Lipinski definition) is 2. The van der Waals surface area contributed by atoms with E-state index in [4.69, 9.17) is 4.74 Å². The van der Waals surface area contributed by atoms with Crippen LogP contribution in [0.1, 0.15) is 32.1 Å². The molecule has 1 N–H and O–H groups in total. The van der Waals surface area contributed by atoms with E-state index in [1.807, 2.05) is 0 Å². The lowest BCUT2D eigenvalue weighted by Crippen LogP contribution is -2.50. The molecule has 0 aromatic rings. The molecule has 2 fully saturated rings. The Bertz CT molecular complexity index is 235. The summed E-state index contributed by atoms with van der Waals surface area (Å²) in [7, 11) is 0. The van der Waals surface area contributed by atoms with E-state index in [0.29, 0.717) is 19.4 Å². The third-order valence-electron chi connectivity index (χ3n) is 3.58. The standard InChI is InChI=1S/C10H15F3O2/c11-10(12,13)8(14)7-2-5-15-9(6-7)3-1-4-9/h7-8,14H,1-6H2/t7?,8-/m1/s1. The average molecular weight is 224 g/mol. The minimum Gasteiger partial charge on any atom is -0.383 e. The number of aliphatic hydroxyl groups is 1. The van der Waals surface area contributed by atoms with E-state index in [9.17, 15) is 18.3 Å². The number of ether oxygens (including phenoxy) is 1. The second-order valence-electron chi connectivity index (χ2n) is 4.62. The van der Waals surface area contributed by atoms with Crippen molar-refractivity contribution >= 4 is 0 Å². The largest absolute Gasteiger partial charge is 0.414 e. The van der Waals surface area contributed by atoms with Gasteiger partial charge in [0.2, 0.25) is 0 Å². The quantitative estimate of drug-likeness (QED) is 0.740. The average Bonchev–Trinajstić information content (AvgIpc) is 2.13. The SMILES string of the molecule is O[C@H](C1CCOC2(CCC2)C1)C(F)(F)F. The lowest BCUT2D eigenvalue weighted by Gasteiger charge is -2.48. The van der Waals surface area contributed by atoms with Crippen molar-refractivity contribution in [1.82, 2.24) is 0 Å². The van der Waals surface area contributed by atoms with Gasteiger partial charge in [0.05, 0.1) is 5.60 Å². The molecule has 2 aliphatic rings. The second-order valence-corrected chi connectivity index (χ2v) is 4.62. The van der Waals surface area contributed by atoms with Gasteiger partial charge in [0.25, 0.3) is 0 Å². The summed E-state index contributed by atoms with van der Waals surface area (Å²) in [6.45, 7) is 0.345. The van der Waals surface area contributed by atoms with E-state index in [1.54, 1.807) is 0 Å². The lowest BCUT2D eigenvalue weighted by atomic mass is 9.71. The number of aliphatic hydroxyl groups excluding tert-OH is 1. The molecule has 15 heavy (non-hydrogen) atoms. The van der Waals surface area contributed by atoms with Crippen molar-refractivity contribution in [3.8, 4) is 0 Å². The topological polar surface area (TPSA) is 29.5 Å². The molecule has 2 rings (SSSR count). The molecule has 1 heterocycles. The van der Waals surface area contributed by atoms with Gasteiger partial charge < -0.3 is 9.84 Å². The fraction of sp³-hybridized carbons (Fsp3) is 1.00. The molecule has 0 aromatic carbocycles. The molecule has 0 aromatic heterocycles. The van der Waals surface area contributed by atoms with Crippen LogP contribution >= 0.6 is 0 Å². The van der Waals surface area contributed by atoms with E-state index in [-0.39, 0.29) is 5.60 Å². The minimum absolute atomic E-state index is 0.308. The molecule has 1 aliphatic heterocycles. The first-order valence-electron chi connectivity index (χ1n) is 5.32. The van der Waals surface area contributed by atoms with Gasteiger partial charge >= 0.3 is 6.18 Å². The highest BCUT2D eigenvalue weighted by atomic mass is 19.4. The summed E-state index contributed by atoms with van der Waals surface area (Å²) >= 11 is 0. The summed E-state index contributed by atoms with van der Waals surface area (Å²) in [5.74, 6) is -0.681. The molecule has 2 atom stereocenters. The Labute approximate surface area is 86.4 Å². The first-order valence-corrected chi connectivity index (χ1v) is 5.32. The van der Waals surface area contributed by atoms with E-state index in [2.05, 4.69) is 0 Å². The number of alkyl halides is 3. The van der Waals surface area contributed by atoms with Crippen molar-refractivity contribution in [2.24, 2.45) is 5.92 Å². The molecule has 1 spiro atoms. The zero-order chi connectivity index (χ0) is 11.1. The van der Waals surface area contributed by atoms with Crippen LogP contribution < -0.4 is 0 Å². The van der Waals surface area contributed by atoms with Crippen LogP contribution in [0.2, 0.25) is 0 Å². The molecule has 1 unspecified atom stereocenters. The summed E-state index contributed by atoms with van der Waals surface area (Å²) < 4.78 is 42.5. The molecule has 0 radical (unpaired) electrons. The minimum atomic E-state index is -4.49. The Morgan fingerprint density at radius 2 is 2.00 bits per heavy atom. The van der Waals surface area contributed by atoms with Gasteiger partial charge in [-0.25, -0.2) is 0 Å². The van der Waals surface area contributed by atoms with Crippen molar-refractivity contribution in [3.05, 3.63) is 0 Å². The smallest absolute Gasteiger partial charge is 0.383 e. The third-order valence-corrected chi connectivity index (χ3v) is 3.58. The Balaban J connectivity index is 1.98.